The van der Waals surface area contributed by atoms with Crippen molar-refractivity contribution in [3.63, 3.8) is 0 Å². The van der Waals surface area contributed by atoms with Gasteiger partial charge in [0, 0.05) is 12.5 Å². The van der Waals surface area contributed by atoms with E-state index in [2.05, 4.69) is 5.32 Å². The lowest BCUT2D eigenvalue weighted by Gasteiger charge is -2.09. The largest absolute Gasteiger partial charge is 0.495 e. The van der Waals surface area contributed by atoms with Crippen LogP contribution in [0, 0.1) is 0 Å². The zero-order valence-corrected chi connectivity index (χ0v) is 9.09. The first kappa shape index (κ1) is 11.5. The summed E-state index contributed by atoms with van der Waals surface area (Å²) < 4.78 is 4.94. The summed E-state index contributed by atoms with van der Waals surface area (Å²) in [6.07, 6.45) is 0.629. The Morgan fingerprint density at radius 2 is 2.20 bits per heavy atom. The first-order valence-electron chi connectivity index (χ1n) is 4.18. The van der Waals surface area contributed by atoms with Crippen molar-refractivity contribution in [2.75, 3.05) is 12.4 Å². The highest BCUT2D eigenvalue weighted by Crippen LogP contribution is 2.30. The van der Waals surface area contributed by atoms with Crippen LogP contribution in [-0.4, -0.2) is 19.3 Å². The van der Waals surface area contributed by atoms with E-state index >= 15 is 0 Å². The predicted octanol–water partition coefficient (Wildman–Crippen LogP) is 2.12. The number of amides is 1. The van der Waals surface area contributed by atoms with Crippen LogP contribution < -0.4 is 10.1 Å². The summed E-state index contributed by atoms with van der Waals surface area (Å²) in [5.41, 5.74) is 0.703. The van der Waals surface area contributed by atoms with E-state index in [1.54, 1.807) is 0 Å². The molecular weight excluding hydrogens is 218 g/mol. The van der Waals surface area contributed by atoms with E-state index in [0.29, 0.717) is 28.3 Å². The summed E-state index contributed by atoms with van der Waals surface area (Å²) >= 11 is 5.85. The van der Waals surface area contributed by atoms with Gasteiger partial charge in [0.15, 0.2) is 6.29 Å². The first-order valence-corrected chi connectivity index (χ1v) is 4.56. The van der Waals surface area contributed by atoms with Gasteiger partial charge in [0.2, 0.25) is 5.91 Å². The molecule has 0 bridgehead atoms. The third kappa shape index (κ3) is 2.70. The topological polar surface area (TPSA) is 55.4 Å². The molecule has 0 aliphatic carbocycles. The highest BCUT2D eigenvalue weighted by Gasteiger charge is 2.09. The molecule has 80 valence electrons. The third-order valence-electron chi connectivity index (χ3n) is 1.76. The van der Waals surface area contributed by atoms with Gasteiger partial charge in [-0.05, 0) is 12.1 Å². The second-order valence-corrected chi connectivity index (χ2v) is 3.28. The number of benzene rings is 1. The average Bonchev–Trinajstić information content (AvgIpc) is 2.17. The second-order valence-electron chi connectivity index (χ2n) is 2.87. The number of rotatable bonds is 3. The Kier molecular flexibility index (Phi) is 3.68. The Morgan fingerprint density at radius 3 is 2.67 bits per heavy atom. The van der Waals surface area contributed by atoms with Gasteiger partial charge in [-0.1, -0.05) is 11.6 Å². The number of nitrogens with one attached hydrogen (secondary N) is 1. The molecule has 0 radical (unpaired) electrons. The van der Waals surface area contributed by atoms with Crippen molar-refractivity contribution >= 4 is 29.5 Å². The van der Waals surface area contributed by atoms with Crippen LogP contribution in [0.1, 0.15) is 17.3 Å². The van der Waals surface area contributed by atoms with Crippen LogP contribution in [0.4, 0.5) is 5.69 Å². The van der Waals surface area contributed by atoms with E-state index < -0.39 is 0 Å². The van der Waals surface area contributed by atoms with Crippen molar-refractivity contribution in [2.45, 2.75) is 6.92 Å². The Bertz CT molecular complexity index is 404. The van der Waals surface area contributed by atoms with Gasteiger partial charge < -0.3 is 10.1 Å². The molecule has 4 nitrogen and oxygen atoms in total. The molecule has 0 spiro atoms. The molecule has 0 heterocycles. The zero-order chi connectivity index (χ0) is 11.4. The molecule has 0 fully saturated rings. The minimum atomic E-state index is -0.265. The highest BCUT2D eigenvalue weighted by molar-refractivity contribution is 6.32. The van der Waals surface area contributed by atoms with Crippen LogP contribution in [0.2, 0.25) is 5.02 Å². The van der Waals surface area contributed by atoms with Crippen molar-refractivity contribution in [1.29, 1.82) is 0 Å². The second kappa shape index (κ2) is 4.79. The van der Waals surface area contributed by atoms with Gasteiger partial charge in [-0.15, -0.1) is 0 Å². The molecule has 0 saturated heterocycles. The average molecular weight is 228 g/mol. The molecule has 15 heavy (non-hydrogen) atoms. The lowest BCUT2D eigenvalue weighted by atomic mass is 10.2. The van der Waals surface area contributed by atoms with E-state index in [1.807, 2.05) is 0 Å². The quantitative estimate of drug-likeness (QED) is 0.805. The Morgan fingerprint density at radius 1 is 1.53 bits per heavy atom. The molecule has 1 N–H and O–H groups in total. The Balaban J connectivity index is 3.20. The molecule has 1 aromatic rings. The fraction of sp³-hybridized carbons (Fsp3) is 0.200. The highest BCUT2D eigenvalue weighted by atomic mass is 35.5. The smallest absolute Gasteiger partial charge is 0.221 e. The maximum atomic E-state index is 10.8. The van der Waals surface area contributed by atoms with Gasteiger partial charge in [-0.25, -0.2) is 0 Å². The van der Waals surface area contributed by atoms with Crippen LogP contribution in [-0.2, 0) is 4.79 Å². The number of halogens is 1. The van der Waals surface area contributed by atoms with Crippen LogP contribution in [0.5, 0.6) is 5.75 Å². The lowest BCUT2D eigenvalue weighted by Crippen LogP contribution is -2.08. The van der Waals surface area contributed by atoms with Gasteiger partial charge in [0.1, 0.15) is 5.75 Å². The molecule has 1 amide bonds. The van der Waals surface area contributed by atoms with E-state index in [-0.39, 0.29) is 5.91 Å². The number of anilines is 1. The number of carbonyl (C=O) groups is 2. The third-order valence-corrected chi connectivity index (χ3v) is 2.06. The molecule has 0 saturated carbocycles. The number of hydrogen-bond acceptors (Lipinski definition) is 3. The lowest BCUT2D eigenvalue weighted by molar-refractivity contribution is -0.114. The fourth-order valence-corrected chi connectivity index (χ4v) is 1.36. The Labute approximate surface area is 92.2 Å². The maximum absolute atomic E-state index is 10.8. The molecule has 5 heteroatoms. The standard InChI is InChI=1S/C10H10ClNO3/c1-6(14)12-9-4-8(11)10(15-2)3-7(9)5-13/h3-5H,1-2H3,(H,12,14). The normalized spacial score (nSPS) is 9.53. The van der Waals surface area contributed by atoms with Crippen LogP contribution >= 0.6 is 11.6 Å². The molecule has 0 atom stereocenters. The number of hydrogen-bond donors (Lipinski definition) is 1. The SMILES string of the molecule is COc1cc(C=O)c(NC(C)=O)cc1Cl. The van der Waals surface area contributed by atoms with Crippen molar-refractivity contribution in [3.05, 3.63) is 22.7 Å². The van der Waals surface area contributed by atoms with Crippen molar-refractivity contribution in [3.8, 4) is 5.75 Å². The minimum Gasteiger partial charge on any atom is -0.495 e. The van der Waals surface area contributed by atoms with Crippen molar-refractivity contribution < 1.29 is 14.3 Å². The van der Waals surface area contributed by atoms with Gasteiger partial charge in [-0.2, -0.15) is 0 Å². The number of aldehydes is 1. The minimum absolute atomic E-state index is 0.265. The van der Waals surface area contributed by atoms with E-state index in [1.165, 1.54) is 26.2 Å². The molecule has 0 aliphatic heterocycles. The predicted molar refractivity (Wildman–Crippen MR) is 57.7 cm³/mol. The molecule has 1 aromatic carbocycles. The van der Waals surface area contributed by atoms with Gasteiger partial charge in [0.05, 0.1) is 17.8 Å². The molecular formula is C10H10ClNO3. The number of carbonyl (C=O) groups excluding carboxylic acids is 2. The van der Waals surface area contributed by atoms with Crippen LogP contribution in [0.3, 0.4) is 0 Å². The maximum Gasteiger partial charge on any atom is 0.221 e. The summed E-state index contributed by atoms with van der Waals surface area (Å²) in [6.45, 7) is 1.35. The molecule has 0 aromatic heterocycles. The van der Waals surface area contributed by atoms with Crippen LogP contribution in [0.15, 0.2) is 12.1 Å². The van der Waals surface area contributed by atoms with Crippen molar-refractivity contribution in [2.24, 2.45) is 0 Å². The summed E-state index contributed by atoms with van der Waals surface area (Å²) in [5, 5.41) is 2.85. The van der Waals surface area contributed by atoms with E-state index in [0.717, 1.165) is 0 Å². The fourth-order valence-electron chi connectivity index (χ4n) is 1.12. The summed E-state index contributed by atoms with van der Waals surface area (Å²) in [6, 6.07) is 2.95. The van der Waals surface area contributed by atoms with Gasteiger partial charge >= 0.3 is 0 Å². The number of methoxy groups -OCH3 is 1. The monoisotopic (exact) mass is 227 g/mol. The van der Waals surface area contributed by atoms with Crippen LogP contribution in [0.25, 0.3) is 0 Å². The molecule has 1 rings (SSSR count). The summed E-state index contributed by atoms with van der Waals surface area (Å²) in [5.74, 6) is 0.132. The zero-order valence-electron chi connectivity index (χ0n) is 8.33. The van der Waals surface area contributed by atoms with E-state index in [4.69, 9.17) is 16.3 Å². The van der Waals surface area contributed by atoms with Crippen molar-refractivity contribution in [1.82, 2.24) is 0 Å². The van der Waals surface area contributed by atoms with Gasteiger partial charge in [-0.3, -0.25) is 9.59 Å². The van der Waals surface area contributed by atoms with E-state index in [9.17, 15) is 9.59 Å². The number of ether oxygens (including phenoxy) is 1. The summed E-state index contributed by atoms with van der Waals surface area (Å²) in [4.78, 5) is 21.6. The first-order chi connectivity index (χ1) is 7.08. The summed E-state index contributed by atoms with van der Waals surface area (Å²) in [7, 11) is 1.45. The molecule has 0 aliphatic rings. The Hall–Kier alpha value is -1.55. The molecule has 0 unspecified atom stereocenters. The van der Waals surface area contributed by atoms with Gasteiger partial charge in [0.25, 0.3) is 0 Å².